The van der Waals surface area contributed by atoms with E-state index in [1.165, 1.54) is 32.5 Å². The second kappa shape index (κ2) is 3.49. The lowest BCUT2D eigenvalue weighted by Gasteiger charge is -2.42. The zero-order chi connectivity index (χ0) is 10.3. The minimum atomic E-state index is 0.373. The second-order valence-corrected chi connectivity index (χ2v) is 5.86. The van der Waals surface area contributed by atoms with Gasteiger partial charge in [-0.05, 0) is 40.2 Å². The molecule has 2 bridgehead atoms. The van der Waals surface area contributed by atoms with Crippen LogP contribution >= 0.6 is 0 Å². The first kappa shape index (κ1) is 10.4. The van der Waals surface area contributed by atoms with Gasteiger partial charge in [0.15, 0.2) is 0 Å². The van der Waals surface area contributed by atoms with Crippen molar-refractivity contribution in [2.24, 2.45) is 0 Å². The van der Waals surface area contributed by atoms with Crippen molar-refractivity contribution in [1.29, 1.82) is 0 Å². The quantitative estimate of drug-likeness (QED) is 0.666. The van der Waals surface area contributed by atoms with Crippen molar-refractivity contribution in [3.8, 4) is 0 Å². The summed E-state index contributed by atoms with van der Waals surface area (Å²) in [5, 5.41) is 0. The Kier molecular flexibility index (Phi) is 2.61. The van der Waals surface area contributed by atoms with Crippen LogP contribution in [-0.4, -0.2) is 47.1 Å². The highest BCUT2D eigenvalue weighted by Crippen LogP contribution is 2.35. The number of hydrogen-bond donors (Lipinski definition) is 0. The van der Waals surface area contributed by atoms with Crippen LogP contribution in [0, 0.1) is 0 Å². The molecule has 2 fully saturated rings. The molecule has 0 aromatic heterocycles. The Morgan fingerprint density at radius 2 is 1.86 bits per heavy atom. The lowest BCUT2D eigenvalue weighted by molar-refractivity contribution is 0.0576. The largest absolute Gasteiger partial charge is 0.298 e. The van der Waals surface area contributed by atoms with Crippen LogP contribution in [0.1, 0.15) is 40.5 Å². The number of hydrogen-bond acceptors (Lipinski definition) is 2. The number of rotatable bonds is 2. The average molecular weight is 196 g/mol. The normalized spacial score (nSPS) is 34.3. The van der Waals surface area contributed by atoms with Crippen LogP contribution in [-0.2, 0) is 0 Å². The Morgan fingerprint density at radius 3 is 2.29 bits per heavy atom. The van der Waals surface area contributed by atoms with E-state index >= 15 is 0 Å². The van der Waals surface area contributed by atoms with Crippen molar-refractivity contribution in [3.05, 3.63) is 0 Å². The maximum absolute atomic E-state index is 2.70. The summed E-state index contributed by atoms with van der Waals surface area (Å²) in [6.45, 7) is 13.2. The fourth-order valence-corrected chi connectivity index (χ4v) is 3.13. The topological polar surface area (TPSA) is 6.48 Å². The third kappa shape index (κ3) is 1.70. The SMILES string of the molecule is CCCN1CC2CC1CN2C(C)(C)C. The van der Waals surface area contributed by atoms with Crippen molar-refractivity contribution in [3.63, 3.8) is 0 Å². The summed E-state index contributed by atoms with van der Waals surface area (Å²) in [7, 11) is 0. The zero-order valence-electron chi connectivity index (χ0n) is 10.1. The van der Waals surface area contributed by atoms with Crippen LogP contribution in [0.25, 0.3) is 0 Å². The lowest BCUT2D eigenvalue weighted by atomic mass is 10.0. The first-order chi connectivity index (χ1) is 6.52. The zero-order valence-corrected chi connectivity index (χ0v) is 10.1. The van der Waals surface area contributed by atoms with Gasteiger partial charge in [-0.1, -0.05) is 6.92 Å². The number of nitrogens with zero attached hydrogens (tertiary/aromatic N) is 2. The van der Waals surface area contributed by atoms with Gasteiger partial charge in [-0.25, -0.2) is 0 Å². The molecule has 2 heterocycles. The molecule has 0 spiro atoms. The van der Waals surface area contributed by atoms with Crippen LogP contribution in [0.2, 0.25) is 0 Å². The Balaban J connectivity index is 1.96. The Labute approximate surface area is 88.3 Å². The smallest absolute Gasteiger partial charge is 0.0244 e. The third-order valence-corrected chi connectivity index (χ3v) is 3.73. The van der Waals surface area contributed by atoms with E-state index in [1.54, 1.807) is 0 Å². The van der Waals surface area contributed by atoms with Gasteiger partial charge in [0, 0.05) is 30.7 Å². The molecule has 0 saturated carbocycles. The van der Waals surface area contributed by atoms with Gasteiger partial charge in [0.05, 0.1) is 0 Å². The van der Waals surface area contributed by atoms with Crippen molar-refractivity contribution in [2.45, 2.75) is 58.2 Å². The molecule has 0 aliphatic carbocycles. The van der Waals surface area contributed by atoms with Crippen molar-refractivity contribution >= 4 is 0 Å². The highest BCUT2D eigenvalue weighted by molar-refractivity contribution is 5.02. The van der Waals surface area contributed by atoms with E-state index in [0.29, 0.717) is 5.54 Å². The van der Waals surface area contributed by atoms with Crippen molar-refractivity contribution < 1.29 is 0 Å². The first-order valence-electron chi connectivity index (χ1n) is 6.03. The van der Waals surface area contributed by atoms with Gasteiger partial charge in [-0.15, -0.1) is 0 Å². The molecule has 2 heteroatoms. The minimum Gasteiger partial charge on any atom is -0.298 e. The number of likely N-dealkylation sites (tertiary alicyclic amines) is 2. The number of piperazine rings is 1. The summed E-state index contributed by atoms with van der Waals surface area (Å²) in [4.78, 5) is 5.39. The van der Waals surface area contributed by atoms with E-state index in [2.05, 4.69) is 37.5 Å². The molecule has 0 N–H and O–H groups in total. The molecule has 2 rings (SSSR count). The predicted molar refractivity (Wildman–Crippen MR) is 60.5 cm³/mol. The Hall–Kier alpha value is -0.0800. The van der Waals surface area contributed by atoms with Gasteiger partial charge >= 0.3 is 0 Å². The van der Waals surface area contributed by atoms with Crippen molar-refractivity contribution in [1.82, 2.24) is 9.80 Å². The molecular weight excluding hydrogens is 172 g/mol. The van der Waals surface area contributed by atoms with Gasteiger partial charge in [0.2, 0.25) is 0 Å². The molecule has 2 unspecified atom stereocenters. The molecular formula is C12H24N2. The average Bonchev–Trinajstić information content (AvgIpc) is 2.61. The fourth-order valence-electron chi connectivity index (χ4n) is 3.13. The fraction of sp³-hybridized carbons (Fsp3) is 1.00. The van der Waals surface area contributed by atoms with Gasteiger partial charge in [-0.3, -0.25) is 9.80 Å². The molecule has 2 nitrogen and oxygen atoms in total. The predicted octanol–water partition coefficient (Wildman–Crippen LogP) is 1.95. The number of fused-ring (bicyclic) bond motifs is 2. The summed E-state index contributed by atoms with van der Waals surface area (Å²) >= 11 is 0. The Morgan fingerprint density at radius 1 is 1.14 bits per heavy atom. The summed E-state index contributed by atoms with van der Waals surface area (Å²) in [5.41, 5.74) is 0.373. The summed E-state index contributed by atoms with van der Waals surface area (Å²) < 4.78 is 0. The standard InChI is InChI=1S/C12H24N2/c1-5-6-13-8-11-7-10(13)9-14(11)12(2,3)4/h10-11H,5-9H2,1-4H3. The van der Waals surface area contributed by atoms with E-state index in [1.807, 2.05) is 0 Å². The summed E-state index contributed by atoms with van der Waals surface area (Å²) in [6, 6.07) is 1.70. The van der Waals surface area contributed by atoms with E-state index < -0.39 is 0 Å². The molecule has 2 saturated heterocycles. The van der Waals surface area contributed by atoms with Gasteiger partial charge in [0.25, 0.3) is 0 Å². The molecule has 0 radical (unpaired) electrons. The molecule has 0 aromatic carbocycles. The monoisotopic (exact) mass is 196 g/mol. The van der Waals surface area contributed by atoms with Crippen molar-refractivity contribution in [2.75, 3.05) is 19.6 Å². The van der Waals surface area contributed by atoms with Crippen LogP contribution in [0.4, 0.5) is 0 Å². The van der Waals surface area contributed by atoms with Crippen LogP contribution < -0.4 is 0 Å². The lowest BCUT2D eigenvalue weighted by Crippen LogP contribution is -2.53. The molecule has 0 amide bonds. The van der Waals surface area contributed by atoms with Crippen LogP contribution in [0.15, 0.2) is 0 Å². The maximum Gasteiger partial charge on any atom is 0.0244 e. The first-order valence-corrected chi connectivity index (χ1v) is 6.03. The van der Waals surface area contributed by atoms with E-state index in [9.17, 15) is 0 Å². The highest BCUT2D eigenvalue weighted by atomic mass is 15.4. The molecule has 2 aliphatic heterocycles. The molecule has 2 atom stereocenters. The summed E-state index contributed by atoms with van der Waals surface area (Å²) in [6.07, 6.45) is 2.72. The van der Waals surface area contributed by atoms with E-state index in [0.717, 1.165) is 12.1 Å². The highest BCUT2D eigenvalue weighted by Gasteiger charge is 2.46. The second-order valence-electron chi connectivity index (χ2n) is 5.86. The maximum atomic E-state index is 2.70. The summed E-state index contributed by atoms with van der Waals surface area (Å²) in [5.74, 6) is 0. The van der Waals surface area contributed by atoms with E-state index in [-0.39, 0.29) is 0 Å². The van der Waals surface area contributed by atoms with Gasteiger partial charge in [-0.2, -0.15) is 0 Å². The van der Waals surface area contributed by atoms with Gasteiger partial charge < -0.3 is 0 Å². The minimum absolute atomic E-state index is 0.373. The van der Waals surface area contributed by atoms with Crippen LogP contribution in [0.3, 0.4) is 0 Å². The molecule has 82 valence electrons. The molecule has 14 heavy (non-hydrogen) atoms. The van der Waals surface area contributed by atoms with Gasteiger partial charge in [0.1, 0.15) is 0 Å². The Bertz CT molecular complexity index is 207. The van der Waals surface area contributed by atoms with E-state index in [4.69, 9.17) is 0 Å². The third-order valence-electron chi connectivity index (χ3n) is 3.73. The molecule has 0 aromatic rings. The van der Waals surface area contributed by atoms with Crippen LogP contribution in [0.5, 0.6) is 0 Å². The molecule has 2 aliphatic rings.